The van der Waals surface area contributed by atoms with Gasteiger partial charge in [0.1, 0.15) is 0 Å². The van der Waals surface area contributed by atoms with E-state index in [4.69, 9.17) is 0 Å². The number of allylic oxidation sites excluding steroid dienone is 1. The third kappa shape index (κ3) is 3.29. The van der Waals surface area contributed by atoms with Crippen LogP contribution in [0.15, 0.2) is 12.7 Å². The van der Waals surface area contributed by atoms with Gasteiger partial charge in [-0.1, -0.05) is 25.8 Å². The van der Waals surface area contributed by atoms with Gasteiger partial charge in [0.05, 0.1) is 0 Å². The SMILES string of the molecule is C=CC1CCC(C(F)(F)C(F)(F)C2CCC(C)CC2)CC1. The first kappa shape index (κ1) is 16.8. The summed E-state index contributed by atoms with van der Waals surface area (Å²) in [7, 11) is 0. The number of hydrogen-bond acceptors (Lipinski definition) is 0. The maximum atomic E-state index is 14.4. The molecule has 2 rings (SSSR count). The molecule has 0 aromatic heterocycles. The first-order valence-corrected chi connectivity index (χ1v) is 8.17. The Kier molecular flexibility index (Phi) is 5.04. The van der Waals surface area contributed by atoms with Crippen molar-refractivity contribution >= 4 is 0 Å². The molecule has 0 aromatic rings. The minimum Gasteiger partial charge on any atom is -0.200 e. The average molecular weight is 306 g/mol. The van der Waals surface area contributed by atoms with Gasteiger partial charge in [-0.2, -0.15) is 17.6 Å². The molecule has 2 aliphatic carbocycles. The summed E-state index contributed by atoms with van der Waals surface area (Å²) in [6, 6.07) is 0. The highest BCUT2D eigenvalue weighted by atomic mass is 19.3. The van der Waals surface area contributed by atoms with Crippen molar-refractivity contribution in [1.29, 1.82) is 0 Å². The van der Waals surface area contributed by atoms with Gasteiger partial charge in [-0.05, 0) is 50.4 Å². The summed E-state index contributed by atoms with van der Waals surface area (Å²) in [5.41, 5.74) is 0. The molecule has 0 N–H and O–H groups in total. The Morgan fingerprint density at radius 3 is 1.52 bits per heavy atom. The molecule has 0 unspecified atom stereocenters. The van der Waals surface area contributed by atoms with Crippen LogP contribution >= 0.6 is 0 Å². The molecule has 2 fully saturated rings. The molecule has 0 heterocycles. The molecular weight excluding hydrogens is 280 g/mol. The largest absolute Gasteiger partial charge is 0.313 e. The molecule has 21 heavy (non-hydrogen) atoms. The van der Waals surface area contributed by atoms with Crippen LogP contribution in [0.3, 0.4) is 0 Å². The van der Waals surface area contributed by atoms with E-state index in [1.165, 1.54) is 0 Å². The van der Waals surface area contributed by atoms with Gasteiger partial charge in [-0.3, -0.25) is 0 Å². The number of hydrogen-bond donors (Lipinski definition) is 0. The van der Waals surface area contributed by atoms with Crippen molar-refractivity contribution in [3.05, 3.63) is 12.7 Å². The zero-order chi connectivity index (χ0) is 15.7. The molecule has 0 saturated heterocycles. The van der Waals surface area contributed by atoms with E-state index in [0.717, 1.165) is 0 Å². The van der Waals surface area contributed by atoms with Crippen molar-refractivity contribution in [1.82, 2.24) is 0 Å². The Labute approximate surface area is 125 Å². The van der Waals surface area contributed by atoms with Crippen LogP contribution in [-0.4, -0.2) is 11.8 Å². The van der Waals surface area contributed by atoms with Gasteiger partial charge in [0.2, 0.25) is 0 Å². The standard InChI is InChI=1S/C17H26F4/c1-3-13-6-10-15(11-7-13)17(20,21)16(18,19)14-8-4-12(2)5-9-14/h3,12-15H,1,4-11H2,2H3. The molecule has 122 valence electrons. The summed E-state index contributed by atoms with van der Waals surface area (Å²) in [5, 5.41) is 0. The molecule has 0 nitrogen and oxygen atoms in total. The lowest BCUT2D eigenvalue weighted by Crippen LogP contribution is -2.52. The summed E-state index contributed by atoms with van der Waals surface area (Å²) >= 11 is 0. The fourth-order valence-corrected chi connectivity index (χ4v) is 3.88. The Hall–Kier alpha value is -0.540. The van der Waals surface area contributed by atoms with Crippen LogP contribution in [0.1, 0.15) is 58.3 Å². The summed E-state index contributed by atoms with van der Waals surface area (Å²) in [6.07, 6.45) is 4.97. The number of halogens is 4. The molecule has 0 aromatic carbocycles. The molecule has 0 amide bonds. The molecule has 0 radical (unpaired) electrons. The van der Waals surface area contributed by atoms with Gasteiger partial charge in [-0.15, -0.1) is 6.58 Å². The first-order valence-electron chi connectivity index (χ1n) is 8.17. The van der Waals surface area contributed by atoms with Crippen LogP contribution in [0.2, 0.25) is 0 Å². The van der Waals surface area contributed by atoms with Gasteiger partial charge in [0.15, 0.2) is 0 Å². The highest BCUT2D eigenvalue weighted by Gasteiger charge is 2.64. The monoisotopic (exact) mass is 306 g/mol. The van der Waals surface area contributed by atoms with Crippen LogP contribution < -0.4 is 0 Å². The molecule has 4 heteroatoms. The number of alkyl halides is 4. The van der Waals surface area contributed by atoms with Crippen molar-refractivity contribution < 1.29 is 17.6 Å². The van der Waals surface area contributed by atoms with Gasteiger partial charge in [0, 0.05) is 11.8 Å². The zero-order valence-corrected chi connectivity index (χ0v) is 12.8. The van der Waals surface area contributed by atoms with Gasteiger partial charge < -0.3 is 0 Å². The lowest BCUT2D eigenvalue weighted by Gasteiger charge is -2.41. The normalized spacial score (nSPS) is 35.5. The smallest absolute Gasteiger partial charge is 0.200 e. The maximum Gasteiger partial charge on any atom is 0.313 e. The fourth-order valence-electron chi connectivity index (χ4n) is 3.88. The highest BCUT2D eigenvalue weighted by Crippen LogP contribution is 2.53. The second-order valence-corrected chi connectivity index (χ2v) is 7.05. The lowest BCUT2D eigenvalue weighted by atomic mass is 9.72. The topological polar surface area (TPSA) is 0 Å². The van der Waals surface area contributed by atoms with Crippen LogP contribution in [0.25, 0.3) is 0 Å². The Balaban J connectivity index is 2.04. The average Bonchev–Trinajstić information content (AvgIpc) is 2.47. The minimum absolute atomic E-state index is 0.183. The molecule has 0 atom stereocenters. The van der Waals surface area contributed by atoms with E-state index in [2.05, 4.69) is 6.58 Å². The lowest BCUT2D eigenvalue weighted by molar-refractivity contribution is -0.269. The van der Waals surface area contributed by atoms with Crippen LogP contribution in [0.5, 0.6) is 0 Å². The van der Waals surface area contributed by atoms with E-state index in [9.17, 15) is 17.6 Å². The van der Waals surface area contributed by atoms with Crippen molar-refractivity contribution in [2.45, 2.75) is 70.1 Å². The van der Waals surface area contributed by atoms with Crippen molar-refractivity contribution in [2.24, 2.45) is 23.7 Å². The molecule has 0 aliphatic heterocycles. The highest BCUT2D eigenvalue weighted by molar-refractivity contribution is 4.98. The van der Waals surface area contributed by atoms with Gasteiger partial charge >= 0.3 is 11.8 Å². The molecular formula is C17H26F4. The maximum absolute atomic E-state index is 14.4. The van der Waals surface area contributed by atoms with E-state index in [-0.39, 0.29) is 31.6 Å². The quantitative estimate of drug-likeness (QED) is 0.436. The number of rotatable bonds is 4. The summed E-state index contributed by atoms with van der Waals surface area (Å²) < 4.78 is 57.7. The Bertz CT molecular complexity index is 348. The van der Waals surface area contributed by atoms with E-state index >= 15 is 0 Å². The van der Waals surface area contributed by atoms with Gasteiger partial charge in [0.25, 0.3) is 0 Å². The fraction of sp³-hybridized carbons (Fsp3) is 0.882. The predicted molar refractivity (Wildman–Crippen MR) is 76.7 cm³/mol. The van der Waals surface area contributed by atoms with Crippen molar-refractivity contribution in [2.75, 3.05) is 0 Å². The molecule has 0 spiro atoms. The molecule has 2 aliphatic rings. The Morgan fingerprint density at radius 2 is 1.14 bits per heavy atom. The summed E-state index contributed by atoms with van der Waals surface area (Å²) in [4.78, 5) is 0. The summed E-state index contributed by atoms with van der Waals surface area (Å²) in [6.45, 7) is 5.67. The van der Waals surface area contributed by atoms with Crippen molar-refractivity contribution in [3.63, 3.8) is 0 Å². The first-order chi connectivity index (χ1) is 9.79. The summed E-state index contributed by atoms with van der Waals surface area (Å²) in [5.74, 6) is -9.47. The Morgan fingerprint density at radius 1 is 0.762 bits per heavy atom. The second kappa shape index (κ2) is 6.29. The van der Waals surface area contributed by atoms with Gasteiger partial charge in [-0.25, -0.2) is 0 Å². The van der Waals surface area contributed by atoms with Crippen LogP contribution in [-0.2, 0) is 0 Å². The predicted octanol–water partition coefficient (Wildman–Crippen LogP) is 6.08. The zero-order valence-electron chi connectivity index (χ0n) is 12.8. The van der Waals surface area contributed by atoms with Crippen LogP contribution in [0.4, 0.5) is 17.6 Å². The molecule has 0 bridgehead atoms. The van der Waals surface area contributed by atoms with E-state index < -0.39 is 23.7 Å². The third-order valence-electron chi connectivity index (χ3n) is 5.59. The van der Waals surface area contributed by atoms with E-state index in [1.54, 1.807) is 6.08 Å². The van der Waals surface area contributed by atoms with Crippen molar-refractivity contribution in [3.8, 4) is 0 Å². The second-order valence-electron chi connectivity index (χ2n) is 7.05. The molecule has 2 saturated carbocycles. The van der Waals surface area contributed by atoms with E-state index in [0.29, 0.717) is 31.6 Å². The third-order valence-corrected chi connectivity index (χ3v) is 5.59. The van der Waals surface area contributed by atoms with E-state index in [1.807, 2.05) is 6.92 Å². The minimum atomic E-state index is -3.87. The van der Waals surface area contributed by atoms with Crippen LogP contribution in [0, 0.1) is 23.7 Å².